The van der Waals surface area contributed by atoms with E-state index in [2.05, 4.69) is 6.07 Å². The van der Waals surface area contributed by atoms with E-state index in [1.54, 1.807) is 0 Å². The molecule has 0 spiro atoms. The minimum atomic E-state index is -0.728. The smallest absolute Gasteiger partial charge is 0.321 e. The van der Waals surface area contributed by atoms with Crippen molar-refractivity contribution < 1.29 is 9.90 Å². The van der Waals surface area contributed by atoms with Crippen LogP contribution >= 0.6 is 0 Å². The Balaban J connectivity index is 2.31. The molecule has 1 unspecified atom stereocenters. The molecule has 1 aliphatic rings. The number of carboxylic acid groups (broad SMARTS) is 1. The summed E-state index contributed by atoms with van der Waals surface area (Å²) in [6.07, 6.45) is 1.55. The number of rotatable bonds is 1. The summed E-state index contributed by atoms with van der Waals surface area (Å²) in [5.74, 6) is -0.728. The second kappa shape index (κ2) is 4.03. The first-order valence-corrected chi connectivity index (χ1v) is 5.18. The average molecular weight is 205 g/mol. The SMILES string of the molecule is CN1CCc2ccccc2CC1C(=O)O. The van der Waals surface area contributed by atoms with E-state index in [1.807, 2.05) is 30.1 Å². The monoisotopic (exact) mass is 205 g/mol. The van der Waals surface area contributed by atoms with Crippen LogP contribution < -0.4 is 0 Å². The fourth-order valence-electron chi connectivity index (χ4n) is 2.09. The van der Waals surface area contributed by atoms with Crippen molar-refractivity contribution in [3.05, 3.63) is 35.4 Å². The Morgan fingerprint density at radius 1 is 1.40 bits per heavy atom. The van der Waals surface area contributed by atoms with Gasteiger partial charge in [0.2, 0.25) is 0 Å². The van der Waals surface area contributed by atoms with E-state index in [0.717, 1.165) is 13.0 Å². The van der Waals surface area contributed by atoms with E-state index in [-0.39, 0.29) is 6.04 Å². The Morgan fingerprint density at radius 2 is 2.07 bits per heavy atom. The van der Waals surface area contributed by atoms with Crippen molar-refractivity contribution in [3.8, 4) is 0 Å². The highest BCUT2D eigenvalue weighted by molar-refractivity contribution is 5.74. The van der Waals surface area contributed by atoms with Crippen LogP contribution in [0.2, 0.25) is 0 Å². The van der Waals surface area contributed by atoms with Crippen molar-refractivity contribution in [1.82, 2.24) is 4.90 Å². The zero-order valence-corrected chi connectivity index (χ0v) is 8.81. The number of nitrogens with zero attached hydrogens (tertiary/aromatic N) is 1. The lowest BCUT2D eigenvalue weighted by Gasteiger charge is -2.21. The first-order valence-electron chi connectivity index (χ1n) is 5.18. The molecule has 1 heterocycles. The van der Waals surface area contributed by atoms with Gasteiger partial charge in [0.15, 0.2) is 0 Å². The standard InChI is InChI=1S/C12H15NO2/c1-13-7-6-9-4-2-3-5-10(9)8-11(13)12(14)15/h2-5,11H,6-8H2,1H3,(H,14,15). The Bertz CT molecular complexity index is 376. The summed E-state index contributed by atoms with van der Waals surface area (Å²) in [7, 11) is 1.88. The van der Waals surface area contributed by atoms with Crippen molar-refractivity contribution in [1.29, 1.82) is 0 Å². The minimum Gasteiger partial charge on any atom is -0.480 e. The molecule has 0 saturated heterocycles. The molecule has 15 heavy (non-hydrogen) atoms. The molecule has 0 aliphatic carbocycles. The van der Waals surface area contributed by atoms with Crippen LogP contribution in [0.3, 0.4) is 0 Å². The van der Waals surface area contributed by atoms with Crippen LogP contribution in [0.5, 0.6) is 0 Å². The van der Waals surface area contributed by atoms with Gasteiger partial charge in [-0.15, -0.1) is 0 Å². The van der Waals surface area contributed by atoms with Gasteiger partial charge >= 0.3 is 5.97 Å². The fourth-order valence-corrected chi connectivity index (χ4v) is 2.09. The molecule has 3 heteroatoms. The van der Waals surface area contributed by atoms with Gasteiger partial charge in [-0.25, -0.2) is 0 Å². The van der Waals surface area contributed by atoms with E-state index in [4.69, 9.17) is 5.11 Å². The quantitative estimate of drug-likeness (QED) is 0.748. The summed E-state index contributed by atoms with van der Waals surface area (Å²) >= 11 is 0. The van der Waals surface area contributed by atoms with Crippen molar-refractivity contribution in [2.75, 3.05) is 13.6 Å². The predicted molar refractivity (Wildman–Crippen MR) is 57.9 cm³/mol. The third-order valence-corrected chi connectivity index (χ3v) is 3.08. The fraction of sp³-hybridized carbons (Fsp3) is 0.417. The number of benzene rings is 1. The van der Waals surface area contributed by atoms with Crippen LogP contribution in [0.15, 0.2) is 24.3 Å². The van der Waals surface area contributed by atoms with Crippen LogP contribution in [-0.2, 0) is 17.6 Å². The van der Waals surface area contributed by atoms with E-state index in [1.165, 1.54) is 11.1 Å². The molecule has 0 bridgehead atoms. The first kappa shape index (κ1) is 10.2. The number of aliphatic carboxylic acids is 1. The van der Waals surface area contributed by atoms with Gasteiger partial charge in [0.1, 0.15) is 6.04 Å². The highest BCUT2D eigenvalue weighted by Gasteiger charge is 2.26. The van der Waals surface area contributed by atoms with Crippen molar-refractivity contribution in [3.63, 3.8) is 0 Å². The van der Waals surface area contributed by atoms with E-state index < -0.39 is 5.97 Å². The largest absolute Gasteiger partial charge is 0.480 e. The lowest BCUT2D eigenvalue weighted by atomic mass is 10.0. The van der Waals surface area contributed by atoms with Gasteiger partial charge < -0.3 is 5.11 Å². The summed E-state index contributed by atoms with van der Waals surface area (Å²) in [5, 5.41) is 9.12. The average Bonchev–Trinajstić information content (AvgIpc) is 2.39. The number of likely N-dealkylation sites (N-methyl/N-ethyl adjacent to an activating group) is 1. The molecule has 0 aromatic heterocycles. The Morgan fingerprint density at radius 3 is 2.73 bits per heavy atom. The first-order chi connectivity index (χ1) is 7.18. The molecule has 0 saturated carbocycles. The van der Waals surface area contributed by atoms with Crippen LogP contribution in [0.25, 0.3) is 0 Å². The second-order valence-corrected chi connectivity index (χ2v) is 4.06. The van der Waals surface area contributed by atoms with Crippen LogP contribution in [-0.4, -0.2) is 35.6 Å². The molecule has 2 rings (SSSR count). The summed E-state index contributed by atoms with van der Waals surface area (Å²) in [6.45, 7) is 0.813. The Labute approximate surface area is 89.3 Å². The van der Waals surface area contributed by atoms with E-state index >= 15 is 0 Å². The minimum absolute atomic E-state index is 0.381. The molecule has 3 nitrogen and oxygen atoms in total. The molecule has 0 amide bonds. The van der Waals surface area contributed by atoms with Crippen molar-refractivity contribution in [2.24, 2.45) is 0 Å². The van der Waals surface area contributed by atoms with Gasteiger partial charge in [-0.05, 0) is 31.0 Å². The lowest BCUT2D eigenvalue weighted by Crippen LogP contribution is -2.39. The molecule has 1 aliphatic heterocycles. The van der Waals surface area contributed by atoms with Gasteiger partial charge in [0.25, 0.3) is 0 Å². The lowest BCUT2D eigenvalue weighted by molar-refractivity contribution is -0.142. The molecule has 1 atom stereocenters. The molecule has 1 N–H and O–H groups in total. The topological polar surface area (TPSA) is 40.5 Å². The number of carbonyl (C=O) groups is 1. The number of carboxylic acids is 1. The summed E-state index contributed by atoms with van der Waals surface area (Å²) in [5.41, 5.74) is 2.46. The molecular formula is C12H15NO2. The second-order valence-electron chi connectivity index (χ2n) is 4.06. The normalized spacial score (nSPS) is 21.8. The maximum atomic E-state index is 11.1. The zero-order chi connectivity index (χ0) is 10.8. The Hall–Kier alpha value is -1.35. The predicted octanol–water partition coefficient (Wildman–Crippen LogP) is 1.17. The molecule has 0 radical (unpaired) electrons. The van der Waals surface area contributed by atoms with Gasteiger partial charge in [0.05, 0.1) is 0 Å². The highest BCUT2D eigenvalue weighted by atomic mass is 16.4. The third-order valence-electron chi connectivity index (χ3n) is 3.08. The van der Waals surface area contributed by atoms with Gasteiger partial charge in [-0.3, -0.25) is 9.69 Å². The molecule has 80 valence electrons. The van der Waals surface area contributed by atoms with Gasteiger partial charge in [-0.1, -0.05) is 24.3 Å². The van der Waals surface area contributed by atoms with E-state index in [0.29, 0.717) is 6.42 Å². The summed E-state index contributed by atoms with van der Waals surface area (Å²) in [4.78, 5) is 13.0. The maximum Gasteiger partial charge on any atom is 0.321 e. The summed E-state index contributed by atoms with van der Waals surface area (Å²) in [6, 6.07) is 7.73. The number of hydrogen-bond acceptors (Lipinski definition) is 2. The van der Waals surface area contributed by atoms with E-state index in [9.17, 15) is 4.79 Å². The molecule has 1 aromatic carbocycles. The highest BCUT2D eigenvalue weighted by Crippen LogP contribution is 2.18. The van der Waals surface area contributed by atoms with Crippen LogP contribution in [0, 0.1) is 0 Å². The van der Waals surface area contributed by atoms with Crippen molar-refractivity contribution >= 4 is 5.97 Å². The molecule has 0 fully saturated rings. The third kappa shape index (κ3) is 2.02. The molecule has 1 aromatic rings. The number of fused-ring (bicyclic) bond motifs is 1. The van der Waals surface area contributed by atoms with Crippen LogP contribution in [0.4, 0.5) is 0 Å². The zero-order valence-electron chi connectivity index (χ0n) is 8.81. The van der Waals surface area contributed by atoms with Gasteiger partial charge in [-0.2, -0.15) is 0 Å². The van der Waals surface area contributed by atoms with Crippen LogP contribution in [0.1, 0.15) is 11.1 Å². The maximum absolute atomic E-state index is 11.1. The number of hydrogen-bond donors (Lipinski definition) is 1. The summed E-state index contributed by atoms with van der Waals surface area (Å²) < 4.78 is 0. The van der Waals surface area contributed by atoms with Crippen molar-refractivity contribution in [2.45, 2.75) is 18.9 Å². The Kier molecular flexibility index (Phi) is 2.73. The van der Waals surface area contributed by atoms with Gasteiger partial charge in [0, 0.05) is 6.54 Å². The molecular weight excluding hydrogens is 190 g/mol.